The lowest BCUT2D eigenvalue weighted by atomic mass is 10.1. The summed E-state index contributed by atoms with van der Waals surface area (Å²) in [5.41, 5.74) is 0. The predicted octanol–water partition coefficient (Wildman–Crippen LogP) is 12.7. The van der Waals surface area contributed by atoms with Crippen molar-refractivity contribution in [1.82, 2.24) is 0 Å². The minimum atomic E-state index is -4.77. The number of carbonyl (C=O) groups is 2. The summed E-state index contributed by atoms with van der Waals surface area (Å²) >= 11 is 0. The van der Waals surface area contributed by atoms with E-state index in [0.29, 0.717) is 19.3 Å². The van der Waals surface area contributed by atoms with E-state index >= 15 is 0 Å². The van der Waals surface area contributed by atoms with Gasteiger partial charge in [-0.1, -0.05) is 157 Å². The third-order valence-corrected chi connectivity index (χ3v) is 8.94. The van der Waals surface area contributed by atoms with E-state index in [-0.39, 0.29) is 19.4 Å². The van der Waals surface area contributed by atoms with Crippen molar-refractivity contribution in [2.24, 2.45) is 0 Å². The maximum Gasteiger partial charge on any atom is 0.469 e. The summed E-state index contributed by atoms with van der Waals surface area (Å²) in [6, 6.07) is 0. The average Bonchev–Trinajstić information content (AvgIpc) is 3.13. The number of hydrogen-bond donors (Lipinski definition) is 2. The first-order valence-electron chi connectivity index (χ1n) is 20.7. The first-order chi connectivity index (χ1) is 25.8. The monoisotopic (exact) mass is 763 g/mol. The molecule has 0 aliphatic rings. The molecule has 53 heavy (non-hydrogen) atoms. The maximum absolute atomic E-state index is 12.4. The molecular formula is C44H75O8P. The van der Waals surface area contributed by atoms with Crippen molar-refractivity contribution in [2.45, 2.75) is 180 Å². The van der Waals surface area contributed by atoms with Crippen LogP contribution < -0.4 is 0 Å². The van der Waals surface area contributed by atoms with Crippen molar-refractivity contribution >= 4 is 19.8 Å². The van der Waals surface area contributed by atoms with Crippen LogP contribution in [-0.2, 0) is 28.2 Å². The van der Waals surface area contributed by atoms with Crippen LogP contribution in [-0.4, -0.2) is 41.0 Å². The summed E-state index contributed by atoms with van der Waals surface area (Å²) in [4.78, 5) is 42.8. The number of phosphoric acid groups is 1. The van der Waals surface area contributed by atoms with Crippen molar-refractivity contribution in [3.63, 3.8) is 0 Å². The highest BCUT2D eigenvalue weighted by atomic mass is 31.2. The summed E-state index contributed by atoms with van der Waals surface area (Å²) in [6.07, 6.45) is 50.6. The van der Waals surface area contributed by atoms with Gasteiger partial charge in [0.25, 0.3) is 0 Å². The van der Waals surface area contributed by atoms with Crippen LogP contribution in [0.1, 0.15) is 174 Å². The molecule has 0 aromatic heterocycles. The topological polar surface area (TPSA) is 119 Å². The van der Waals surface area contributed by atoms with Gasteiger partial charge in [-0.3, -0.25) is 14.1 Å². The van der Waals surface area contributed by atoms with Gasteiger partial charge in [0, 0.05) is 12.8 Å². The Bertz CT molecular complexity index is 1080. The van der Waals surface area contributed by atoms with E-state index in [1.54, 1.807) is 0 Å². The second-order valence-corrected chi connectivity index (χ2v) is 14.8. The van der Waals surface area contributed by atoms with E-state index in [4.69, 9.17) is 19.3 Å². The summed E-state index contributed by atoms with van der Waals surface area (Å²) in [7, 11) is -4.77. The first-order valence-corrected chi connectivity index (χ1v) is 22.3. The average molecular weight is 763 g/mol. The van der Waals surface area contributed by atoms with Gasteiger partial charge in [-0.15, -0.1) is 0 Å². The Morgan fingerprint density at radius 2 is 0.925 bits per heavy atom. The van der Waals surface area contributed by atoms with Gasteiger partial charge in [0.15, 0.2) is 6.10 Å². The number of ether oxygens (including phenoxy) is 2. The summed E-state index contributed by atoms with van der Waals surface area (Å²) in [5.74, 6) is -0.962. The minimum absolute atomic E-state index is 0.130. The van der Waals surface area contributed by atoms with E-state index < -0.39 is 32.5 Å². The Hall–Kier alpha value is -2.51. The van der Waals surface area contributed by atoms with Crippen LogP contribution in [0.2, 0.25) is 0 Å². The van der Waals surface area contributed by atoms with Gasteiger partial charge in [0.1, 0.15) is 6.61 Å². The molecule has 0 heterocycles. The highest BCUT2D eigenvalue weighted by molar-refractivity contribution is 7.46. The van der Waals surface area contributed by atoms with Crippen LogP contribution in [0.5, 0.6) is 0 Å². The molecule has 1 atom stereocenters. The van der Waals surface area contributed by atoms with Gasteiger partial charge in [-0.25, -0.2) is 4.57 Å². The zero-order valence-corrected chi connectivity index (χ0v) is 34.3. The number of esters is 2. The van der Waals surface area contributed by atoms with Gasteiger partial charge in [0.2, 0.25) is 0 Å². The van der Waals surface area contributed by atoms with Crippen LogP contribution in [0.15, 0.2) is 72.9 Å². The molecule has 0 bridgehead atoms. The van der Waals surface area contributed by atoms with Crippen molar-refractivity contribution in [3.8, 4) is 0 Å². The molecule has 0 spiro atoms. The summed E-state index contributed by atoms with van der Waals surface area (Å²) in [6.45, 7) is 3.51. The van der Waals surface area contributed by atoms with Gasteiger partial charge >= 0.3 is 19.8 Å². The first kappa shape index (κ1) is 50.5. The molecule has 0 aliphatic carbocycles. The molecule has 2 N–H and O–H groups in total. The van der Waals surface area contributed by atoms with E-state index in [9.17, 15) is 14.2 Å². The molecule has 9 heteroatoms. The fraction of sp³-hybridized carbons (Fsp3) is 0.682. The lowest BCUT2D eigenvalue weighted by molar-refractivity contribution is -0.161. The molecule has 0 amide bonds. The lowest BCUT2D eigenvalue weighted by Gasteiger charge is -2.18. The molecule has 0 aromatic carbocycles. The van der Waals surface area contributed by atoms with Crippen LogP contribution in [0.25, 0.3) is 0 Å². The summed E-state index contributed by atoms with van der Waals surface area (Å²) < 4.78 is 26.3. The number of carbonyl (C=O) groups excluding carboxylic acids is 2. The molecule has 0 fully saturated rings. The molecule has 0 rings (SSSR count). The normalized spacial score (nSPS) is 13.2. The third-order valence-electron chi connectivity index (χ3n) is 8.46. The van der Waals surface area contributed by atoms with E-state index in [2.05, 4.69) is 79.1 Å². The van der Waals surface area contributed by atoms with Crippen molar-refractivity contribution in [2.75, 3.05) is 13.2 Å². The molecule has 0 radical (unpaired) electrons. The fourth-order valence-corrected chi connectivity index (χ4v) is 5.76. The number of phosphoric ester groups is 1. The second kappa shape index (κ2) is 39.2. The summed E-state index contributed by atoms with van der Waals surface area (Å²) in [5, 5.41) is 0. The third kappa shape index (κ3) is 42.1. The molecule has 304 valence electrons. The predicted molar refractivity (Wildman–Crippen MR) is 220 cm³/mol. The Morgan fingerprint density at radius 1 is 0.509 bits per heavy atom. The Labute approximate surface area is 323 Å². The van der Waals surface area contributed by atoms with Gasteiger partial charge in [-0.05, 0) is 77.0 Å². The zero-order valence-electron chi connectivity index (χ0n) is 33.4. The highest BCUT2D eigenvalue weighted by Gasteiger charge is 2.22. The van der Waals surface area contributed by atoms with Gasteiger partial charge in [-0.2, -0.15) is 0 Å². The Morgan fingerprint density at radius 3 is 1.43 bits per heavy atom. The van der Waals surface area contributed by atoms with E-state index in [1.807, 2.05) is 12.2 Å². The van der Waals surface area contributed by atoms with Crippen LogP contribution >= 0.6 is 7.82 Å². The van der Waals surface area contributed by atoms with Crippen molar-refractivity contribution in [3.05, 3.63) is 72.9 Å². The molecule has 0 aliphatic heterocycles. The molecule has 1 unspecified atom stereocenters. The Kier molecular flexibility index (Phi) is 37.3. The SMILES string of the molecule is CC/C=C\C/C=C\C/C=C\C/C=C\C/C=C\CCCC(=O)OC(COC(=O)CCCCCCCCC/C=C\CCCCCCCCC)COP(=O)(O)O. The minimum Gasteiger partial charge on any atom is -0.462 e. The van der Waals surface area contributed by atoms with E-state index in [1.165, 1.54) is 70.6 Å². The van der Waals surface area contributed by atoms with Crippen LogP contribution in [0.4, 0.5) is 0 Å². The standard InChI is InChI=1S/C44H75O8P/c1-3-5-7-9-11-13-15-17-19-21-23-24-26-28-30-32-34-36-38-43(45)50-40-42(41-51-53(47,48)49)52-44(46)39-37-35-33-31-29-27-25-22-20-18-16-14-12-10-8-6-4-2/h6,8,12,14,18-21,25,27,31,33,42H,3-5,7,9-11,13,15-17,22-24,26,28-30,32,34-41H2,1-2H3,(H2,47,48,49)/b8-6-,14-12-,20-18-,21-19-,27-25-,33-31-. The number of rotatable bonds is 37. The lowest BCUT2D eigenvalue weighted by Crippen LogP contribution is -2.29. The molecule has 0 saturated heterocycles. The largest absolute Gasteiger partial charge is 0.469 e. The van der Waals surface area contributed by atoms with Gasteiger partial charge < -0.3 is 19.3 Å². The Balaban J connectivity index is 4.03. The van der Waals surface area contributed by atoms with Crippen molar-refractivity contribution in [1.29, 1.82) is 0 Å². The smallest absolute Gasteiger partial charge is 0.462 e. The quantitative estimate of drug-likeness (QED) is 0.0278. The van der Waals surface area contributed by atoms with Gasteiger partial charge in [0.05, 0.1) is 6.61 Å². The number of unbranched alkanes of at least 4 members (excludes halogenated alkanes) is 15. The molecular weight excluding hydrogens is 687 g/mol. The molecule has 0 saturated carbocycles. The second-order valence-electron chi connectivity index (χ2n) is 13.6. The van der Waals surface area contributed by atoms with Crippen molar-refractivity contribution < 1.29 is 37.9 Å². The zero-order chi connectivity index (χ0) is 38.9. The fourth-order valence-electron chi connectivity index (χ4n) is 5.40. The highest BCUT2D eigenvalue weighted by Crippen LogP contribution is 2.36. The molecule has 0 aromatic rings. The van der Waals surface area contributed by atoms with Crippen LogP contribution in [0, 0.1) is 0 Å². The van der Waals surface area contributed by atoms with E-state index in [0.717, 1.165) is 57.8 Å². The maximum atomic E-state index is 12.4. The number of allylic oxidation sites excluding steroid dienone is 12. The van der Waals surface area contributed by atoms with Crippen LogP contribution in [0.3, 0.4) is 0 Å². The molecule has 8 nitrogen and oxygen atoms in total. The number of hydrogen-bond acceptors (Lipinski definition) is 6.